The predicted molar refractivity (Wildman–Crippen MR) is 65.7 cm³/mol. The van der Waals surface area contributed by atoms with Crippen LogP contribution in [-0.2, 0) is 4.74 Å². The van der Waals surface area contributed by atoms with Crippen molar-refractivity contribution in [2.45, 2.75) is 27.7 Å². The number of ether oxygens (including phenoxy) is 1. The van der Waals surface area contributed by atoms with Crippen LogP contribution in [0.3, 0.4) is 0 Å². The van der Waals surface area contributed by atoms with E-state index in [1.807, 2.05) is 19.9 Å². The van der Waals surface area contributed by atoms with Crippen molar-refractivity contribution in [2.75, 3.05) is 25.1 Å². The molecule has 0 radical (unpaired) electrons. The maximum Gasteiger partial charge on any atom is 0.223 e. The summed E-state index contributed by atoms with van der Waals surface area (Å²) in [6, 6.07) is 1.96. The summed E-state index contributed by atoms with van der Waals surface area (Å²) in [6.07, 6.45) is 0. The van der Waals surface area contributed by atoms with Crippen LogP contribution < -0.4 is 5.32 Å². The third-order valence-electron chi connectivity index (χ3n) is 1.96. The molecular formula is C12H21N3O. The fourth-order valence-electron chi connectivity index (χ4n) is 1.36. The van der Waals surface area contributed by atoms with Gasteiger partial charge in [0.2, 0.25) is 5.95 Å². The number of nitrogens with one attached hydrogen (secondary N) is 1. The van der Waals surface area contributed by atoms with E-state index in [0.717, 1.165) is 24.5 Å². The molecule has 0 unspecified atom stereocenters. The van der Waals surface area contributed by atoms with Gasteiger partial charge in [0.05, 0.1) is 6.61 Å². The SMILES string of the molecule is Cc1cc(C)nc(NCCOCC(C)C)n1. The van der Waals surface area contributed by atoms with Crippen molar-refractivity contribution < 1.29 is 4.74 Å². The normalized spacial score (nSPS) is 10.8. The Morgan fingerprint density at radius 1 is 1.25 bits per heavy atom. The summed E-state index contributed by atoms with van der Waals surface area (Å²) < 4.78 is 5.46. The van der Waals surface area contributed by atoms with Crippen molar-refractivity contribution >= 4 is 5.95 Å². The third kappa shape index (κ3) is 5.07. The molecule has 0 amide bonds. The Kier molecular flexibility index (Phi) is 5.19. The Bertz CT molecular complexity index is 306. The van der Waals surface area contributed by atoms with Gasteiger partial charge in [-0.05, 0) is 25.8 Å². The number of nitrogens with zero attached hydrogens (tertiary/aromatic N) is 2. The van der Waals surface area contributed by atoms with Gasteiger partial charge < -0.3 is 10.1 Å². The maximum atomic E-state index is 5.46. The number of anilines is 1. The van der Waals surface area contributed by atoms with Gasteiger partial charge in [-0.25, -0.2) is 9.97 Å². The number of aryl methyl sites for hydroxylation is 2. The summed E-state index contributed by atoms with van der Waals surface area (Å²) in [7, 11) is 0. The van der Waals surface area contributed by atoms with Crippen molar-refractivity contribution in [2.24, 2.45) is 5.92 Å². The van der Waals surface area contributed by atoms with Crippen molar-refractivity contribution in [1.29, 1.82) is 0 Å². The molecular weight excluding hydrogens is 202 g/mol. The molecule has 0 saturated heterocycles. The largest absolute Gasteiger partial charge is 0.379 e. The average molecular weight is 223 g/mol. The van der Waals surface area contributed by atoms with Gasteiger partial charge in [0.1, 0.15) is 0 Å². The van der Waals surface area contributed by atoms with Crippen LogP contribution in [0.4, 0.5) is 5.95 Å². The molecule has 0 aliphatic rings. The highest BCUT2D eigenvalue weighted by Gasteiger charge is 1.98. The van der Waals surface area contributed by atoms with Crippen molar-refractivity contribution in [1.82, 2.24) is 9.97 Å². The molecule has 0 aromatic carbocycles. The Hall–Kier alpha value is -1.16. The smallest absolute Gasteiger partial charge is 0.223 e. The molecule has 0 aliphatic carbocycles. The highest BCUT2D eigenvalue weighted by Crippen LogP contribution is 2.03. The standard InChI is InChI=1S/C12H21N3O/c1-9(2)8-16-6-5-13-12-14-10(3)7-11(4)15-12/h7,9H,5-6,8H2,1-4H3,(H,13,14,15). The predicted octanol–water partition coefficient (Wildman–Crippen LogP) is 2.18. The molecule has 1 rings (SSSR count). The first-order chi connectivity index (χ1) is 7.58. The first-order valence-electron chi connectivity index (χ1n) is 5.72. The van der Waals surface area contributed by atoms with Crippen LogP contribution in [0.1, 0.15) is 25.2 Å². The third-order valence-corrected chi connectivity index (χ3v) is 1.96. The lowest BCUT2D eigenvalue weighted by molar-refractivity contribution is 0.118. The minimum absolute atomic E-state index is 0.581. The summed E-state index contributed by atoms with van der Waals surface area (Å²) in [5.41, 5.74) is 1.97. The van der Waals surface area contributed by atoms with Crippen LogP contribution >= 0.6 is 0 Å². The molecule has 1 aromatic rings. The summed E-state index contributed by atoms with van der Waals surface area (Å²) in [5.74, 6) is 1.27. The second-order valence-electron chi connectivity index (χ2n) is 4.37. The highest BCUT2D eigenvalue weighted by molar-refractivity contribution is 5.27. The molecule has 0 spiro atoms. The van der Waals surface area contributed by atoms with E-state index in [1.165, 1.54) is 0 Å². The molecule has 90 valence electrons. The van der Waals surface area contributed by atoms with E-state index in [2.05, 4.69) is 29.1 Å². The minimum Gasteiger partial charge on any atom is -0.379 e. The lowest BCUT2D eigenvalue weighted by Crippen LogP contribution is -2.14. The van der Waals surface area contributed by atoms with Gasteiger partial charge in [-0.1, -0.05) is 13.8 Å². The zero-order valence-corrected chi connectivity index (χ0v) is 10.6. The zero-order chi connectivity index (χ0) is 12.0. The first kappa shape index (κ1) is 12.9. The molecule has 1 heterocycles. The number of hydrogen-bond donors (Lipinski definition) is 1. The monoisotopic (exact) mass is 223 g/mol. The van der Waals surface area contributed by atoms with E-state index in [0.29, 0.717) is 18.5 Å². The summed E-state index contributed by atoms with van der Waals surface area (Å²) in [6.45, 7) is 10.4. The highest BCUT2D eigenvalue weighted by atomic mass is 16.5. The second kappa shape index (κ2) is 6.43. The molecule has 4 nitrogen and oxygen atoms in total. The van der Waals surface area contributed by atoms with Crippen molar-refractivity contribution in [3.8, 4) is 0 Å². The van der Waals surface area contributed by atoms with E-state index >= 15 is 0 Å². The van der Waals surface area contributed by atoms with E-state index in [-0.39, 0.29) is 0 Å². The van der Waals surface area contributed by atoms with Crippen LogP contribution in [0.5, 0.6) is 0 Å². The van der Waals surface area contributed by atoms with Crippen LogP contribution in [0, 0.1) is 19.8 Å². The fourth-order valence-corrected chi connectivity index (χ4v) is 1.36. The molecule has 4 heteroatoms. The second-order valence-corrected chi connectivity index (χ2v) is 4.37. The van der Waals surface area contributed by atoms with E-state index in [9.17, 15) is 0 Å². The quantitative estimate of drug-likeness (QED) is 0.751. The summed E-state index contributed by atoms with van der Waals surface area (Å²) >= 11 is 0. The van der Waals surface area contributed by atoms with Crippen molar-refractivity contribution in [3.63, 3.8) is 0 Å². The van der Waals surface area contributed by atoms with Gasteiger partial charge in [0.25, 0.3) is 0 Å². The van der Waals surface area contributed by atoms with E-state index < -0.39 is 0 Å². The summed E-state index contributed by atoms with van der Waals surface area (Å²) in [4.78, 5) is 8.58. The minimum atomic E-state index is 0.581. The Morgan fingerprint density at radius 3 is 2.44 bits per heavy atom. The Labute approximate surface area is 97.5 Å². The van der Waals surface area contributed by atoms with Crippen LogP contribution in [0.25, 0.3) is 0 Å². The Morgan fingerprint density at radius 2 is 1.88 bits per heavy atom. The van der Waals surface area contributed by atoms with Gasteiger partial charge in [0, 0.05) is 24.5 Å². The fraction of sp³-hybridized carbons (Fsp3) is 0.667. The molecule has 0 atom stereocenters. The zero-order valence-electron chi connectivity index (χ0n) is 10.6. The number of aromatic nitrogens is 2. The number of hydrogen-bond acceptors (Lipinski definition) is 4. The van der Waals surface area contributed by atoms with E-state index in [4.69, 9.17) is 4.74 Å². The van der Waals surface area contributed by atoms with Gasteiger partial charge in [-0.15, -0.1) is 0 Å². The first-order valence-corrected chi connectivity index (χ1v) is 5.72. The van der Waals surface area contributed by atoms with Gasteiger partial charge in [0.15, 0.2) is 0 Å². The van der Waals surface area contributed by atoms with Crippen LogP contribution in [0.15, 0.2) is 6.07 Å². The van der Waals surface area contributed by atoms with Gasteiger partial charge >= 0.3 is 0 Å². The van der Waals surface area contributed by atoms with Crippen LogP contribution in [0.2, 0.25) is 0 Å². The van der Waals surface area contributed by atoms with Gasteiger partial charge in [-0.2, -0.15) is 0 Å². The lowest BCUT2D eigenvalue weighted by Gasteiger charge is -2.08. The molecule has 0 bridgehead atoms. The molecule has 0 saturated carbocycles. The van der Waals surface area contributed by atoms with Gasteiger partial charge in [-0.3, -0.25) is 0 Å². The molecule has 16 heavy (non-hydrogen) atoms. The van der Waals surface area contributed by atoms with E-state index in [1.54, 1.807) is 0 Å². The van der Waals surface area contributed by atoms with Crippen molar-refractivity contribution in [3.05, 3.63) is 17.5 Å². The molecule has 1 N–H and O–H groups in total. The molecule has 0 fully saturated rings. The molecule has 0 aliphatic heterocycles. The summed E-state index contributed by atoms with van der Waals surface area (Å²) in [5, 5.41) is 3.15. The average Bonchev–Trinajstić information content (AvgIpc) is 2.15. The Balaban J connectivity index is 2.26. The molecule has 1 aromatic heterocycles. The maximum absolute atomic E-state index is 5.46. The van der Waals surface area contributed by atoms with Crippen LogP contribution in [-0.4, -0.2) is 29.7 Å². The topological polar surface area (TPSA) is 47.0 Å². The number of rotatable bonds is 6. The lowest BCUT2D eigenvalue weighted by atomic mass is 10.2.